The molecule has 0 saturated carbocycles. The predicted molar refractivity (Wildman–Crippen MR) is 87.9 cm³/mol. The summed E-state index contributed by atoms with van der Waals surface area (Å²) in [5, 5.41) is 19.7. The molecule has 2 aromatic carbocycles. The quantitative estimate of drug-likeness (QED) is 0.801. The number of ether oxygens (including phenoxy) is 4. The van der Waals surface area contributed by atoms with E-state index >= 15 is 0 Å². The third-order valence-electron chi connectivity index (χ3n) is 3.98. The highest BCUT2D eigenvalue weighted by molar-refractivity contribution is 5.76. The van der Waals surface area contributed by atoms with Crippen molar-refractivity contribution in [3.8, 4) is 28.7 Å². The van der Waals surface area contributed by atoms with Crippen LogP contribution in [0.25, 0.3) is 0 Å². The summed E-state index contributed by atoms with van der Waals surface area (Å²) in [5.74, 6) is 1.13. The lowest BCUT2D eigenvalue weighted by Crippen LogP contribution is -2.36. The van der Waals surface area contributed by atoms with Gasteiger partial charge in [-0.1, -0.05) is 0 Å². The Morgan fingerprint density at radius 2 is 1.76 bits per heavy atom. The first-order valence-corrected chi connectivity index (χ1v) is 7.59. The molecule has 0 bridgehead atoms. The number of fused-ring (bicyclic) bond motifs is 1. The van der Waals surface area contributed by atoms with E-state index in [0.29, 0.717) is 28.9 Å². The molecule has 3 rings (SSSR count). The van der Waals surface area contributed by atoms with E-state index in [0.717, 1.165) is 0 Å². The van der Waals surface area contributed by atoms with Crippen LogP contribution in [0.2, 0.25) is 0 Å². The van der Waals surface area contributed by atoms with E-state index in [1.54, 1.807) is 30.3 Å². The fourth-order valence-corrected chi connectivity index (χ4v) is 2.72. The molecule has 0 aliphatic carbocycles. The fourth-order valence-electron chi connectivity index (χ4n) is 2.72. The molecule has 1 aliphatic rings. The van der Waals surface area contributed by atoms with Gasteiger partial charge >= 0.3 is 0 Å². The smallest absolute Gasteiger partial charge is 0.200 e. The number of aldehydes is 1. The number of carbonyl (C=O) groups is 1. The molecule has 2 aromatic rings. The summed E-state index contributed by atoms with van der Waals surface area (Å²) in [6, 6.07) is 7.97. The minimum atomic E-state index is -0.678. The summed E-state index contributed by atoms with van der Waals surface area (Å²) in [7, 11) is 2.84. The highest BCUT2D eigenvalue weighted by Crippen LogP contribution is 2.44. The zero-order valence-corrected chi connectivity index (χ0v) is 13.8. The summed E-state index contributed by atoms with van der Waals surface area (Å²) in [6.07, 6.45) is -0.639. The first-order valence-electron chi connectivity index (χ1n) is 7.59. The number of hydrogen-bond donors (Lipinski definition) is 2. The molecule has 132 valence electrons. The highest BCUT2D eigenvalue weighted by atomic mass is 16.6. The van der Waals surface area contributed by atoms with Gasteiger partial charge in [0.05, 0.1) is 20.8 Å². The van der Waals surface area contributed by atoms with Crippen LogP contribution in [0.5, 0.6) is 28.7 Å². The molecule has 1 heterocycles. The van der Waals surface area contributed by atoms with Gasteiger partial charge in [-0.2, -0.15) is 0 Å². The van der Waals surface area contributed by atoms with Crippen LogP contribution >= 0.6 is 0 Å². The SMILES string of the molecule is COc1cc(C2Oc3cc(C=O)ccc3OC2CO)cc(OC)c1O. The van der Waals surface area contributed by atoms with Crippen LogP contribution in [0.1, 0.15) is 22.0 Å². The number of hydrogen-bond acceptors (Lipinski definition) is 7. The molecule has 2 atom stereocenters. The Balaban J connectivity index is 2.04. The van der Waals surface area contributed by atoms with Crippen molar-refractivity contribution in [2.45, 2.75) is 12.2 Å². The average molecular weight is 346 g/mol. The van der Waals surface area contributed by atoms with Gasteiger partial charge in [0.15, 0.2) is 35.2 Å². The Hall–Kier alpha value is -2.93. The first-order chi connectivity index (χ1) is 12.1. The number of aromatic hydroxyl groups is 1. The lowest BCUT2D eigenvalue weighted by Gasteiger charge is -2.33. The molecule has 1 aliphatic heterocycles. The van der Waals surface area contributed by atoms with E-state index in [-0.39, 0.29) is 23.9 Å². The molecule has 7 nitrogen and oxygen atoms in total. The van der Waals surface area contributed by atoms with Crippen LogP contribution in [-0.2, 0) is 0 Å². The number of phenolic OH excluding ortho intramolecular Hbond substituents is 1. The van der Waals surface area contributed by atoms with Crippen molar-refractivity contribution in [2.75, 3.05) is 20.8 Å². The Morgan fingerprint density at radius 3 is 2.32 bits per heavy atom. The van der Waals surface area contributed by atoms with Crippen LogP contribution in [0, 0.1) is 0 Å². The van der Waals surface area contributed by atoms with Gasteiger partial charge in [-0.25, -0.2) is 0 Å². The van der Waals surface area contributed by atoms with Crippen molar-refractivity contribution >= 4 is 6.29 Å². The second-order valence-corrected chi connectivity index (χ2v) is 5.48. The molecular weight excluding hydrogens is 328 g/mol. The van der Waals surface area contributed by atoms with Crippen molar-refractivity contribution in [3.05, 3.63) is 41.5 Å². The monoisotopic (exact) mass is 346 g/mol. The van der Waals surface area contributed by atoms with Crippen molar-refractivity contribution in [1.29, 1.82) is 0 Å². The van der Waals surface area contributed by atoms with E-state index in [4.69, 9.17) is 18.9 Å². The van der Waals surface area contributed by atoms with Gasteiger partial charge < -0.3 is 29.2 Å². The number of aliphatic hydroxyl groups is 1. The fraction of sp³-hybridized carbons (Fsp3) is 0.278. The minimum absolute atomic E-state index is 0.130. The van der Waals surface area contributed by atoms with E-state index in [2.05, 4.69) is 0 Å². The minimum Gasteiger partial charge on any atom is -0.502 e. The molecule has 2 N–H and O–H groups in total. The maximum atomic E-state index is 11.0. The average Bonchev–Trinajstić information content (AvgIpc) is 2.66. The van der Waals surface area contributed by atoms with E-state index in [1.165, 1.54) is 14.2 Å². The van der Waals surface area contributed by atoms with E-state index < -0.39 is 12.2 Å². The maximum Gasteiger partial charge on any atom is 0.200 e. The topological polar surface area (TPSA) is 94.5 Å². The maximum absolute atomic E-state index is 11.0. The molecule has 0 aromatic heterocycles. The van der Waals surface area contributed by atoms with Crippen molar-refractivity contribution in [2.24, 2.45) is 0 Å². The number of carbonyl (C=O) groups excluding carboxylic acids is 1. The molecule has 2 unspecified atom stereocenters. The van der Waals surface area contributed by atoms with E-state index in [9.17, 15) is 15.0 Å². The number of phenols is 1. The van der Waals surface area contributed by atoms with Crippen molar-refractivity contribution in [3.63, 3.8) is 0 Å². The molecule has 0 spiro atoms. The highest BCUT2D eigenvalue weighted by Gasteiger charge is 2.34. The molecule has 0 radical (unpaired) electrons. The summed E-state index contributed by atoms with van der Waals surface area (Å²) < 4.78 is 22.1. The number of rotatable bonds is 5. The Kier molecular flexibility index (Phi) is 4.67. The second kappa shape index (κ2) is 6.90. The van der Waals surface area contributed by atoms with Gasteiger partial charge in [0.2, 0.25) is 5.75 Å². The summed E-state index contributed by atoms with van der Waals surface area (Å²) in [5.41, 5.74) is 1.04. The largest absolute Gasteiger partial charge is 0.502 e. The molecular formula is C18H18O7. The van der Waals surface area contributed by atoms with Gasteiger partial charge in [-0.15, -0.1) is 0 Å². The van der Waals surface area contributed by atoms with Gasteiger partial charge in [0, 0.05) is 11.1 Å². The lowest BCUT2D eigenvalue weighted by molar-refractivity contribution is -0.0125. The second-order valence-electron chi connectivity index (χ2n) is 5.48. The van der Waals surface area contributed by atoms with Gasteiger partial charge in [0.25, 0.3) is 0 Å². The summed E-state index contributed by atoms with van der Waals surface area (Å²) in [4.78, 5) is 11.0. The molecule has 7 heteroatoms. The van der Waals surface area contributed by atoms with Crippen LogP contribution in [0.4, 0.5) is 0 Å². The van der Waals surface area contributed by atoms with Gasteiger partial charge in [-0.3, -0.25) is 4.79 Å². The number of aliphatic hydroxyl groups excluding tert-OH is 1. The zero-order chi connectivity index (χ0) is 18.0. The third kappa shape index (κ3) is 3.06. The van der Waals surface area contributed by atoms with E-state index in [1.807, 2.05) is 0 Å². The Bertz CT molecular complexity index is 762. The molecule has 25 heavy (non-hydrogen) atoms. The number of benzene rings is 2. The third-order valence-corrected chi connectivity index (χ3v) is 3.98. The van der Waals surface area contributed by atoms with Crippen LogP contribution in [0.15, 0.2) is 30.3 Å². The number of methoxy groups -OCH3 is 2. The van der Waals surface area contributed by atoms with Crippen molar-refractivity contribution < 1.29 is 34.0 Å². The predicted octanol–water partition coefficient (Wildman–Crippen LogP) is 2.10. The molecule has 0 saturated heterocycles. The Morgan fingerprint density at radius 1 is 1.08 bits per heavy atom. The Labute approximate surface area is 144 Å². The normalized spacial score (nSPS) is 18.5. The zero-order valence-electron chi connectivity index (χ0n) is 13.8. The first kappa shape index (κ1) is 16.9. The van der Waals surface area contributed by atoms with Gasteiger partial charge in [-0.05, 0) is 30.3 Å². The summed E-state index contributed by atoms with van der Waals surface area (Å²) in [6.45, 7) is -0.287. The lowest BCUT2D eigenvalue weighted by atomic mass is 10.0. The van der Waals surface area contributed by atoms with Crippen LogP contribution < -0.4 is 18.9 Å². The molecule has 0 amide bonds. The van der Waals surface area contributed by atoms with Crippen molar-refractivity contribution in [1.82, 2.24) is 0 Å². The van der Waals surface area contributed by atoms with Gasteiger partial charge in [0.1, 0.15) is 6.29 Å². The standard InChI is InChI=1S/C18H18O7/c1-22-14-6-11(7-15(23-2)17(14)21)18-16(9-20)24-12-4-3-10(8-19)5-13(12)25-18/h3-8,16,18,20-21H,9H2,1-2H3. The summed E-state index contributed by atoms with van der Waals surface area (Å²) >= 11 is 0. The molecule has 0 fully saturated rings. The van der Waals surface area contributed by atoms with Crippen LogP contribution in [-0.4, -0.2) is 43.4 Å². The van der Waals surface area contributed by atoms with Crippen LogP contribution in [0.3, 0.4) is 0 Å².